The molecule has 0 radical (unpaired) electrons. The van der Waals surface area contributed by atoms with E-state index in [-0.39, 0.29) is 11.9 Å². The first-order valence-electron chi connectivity index (χ1n) is 7.66. The molecule has 2 rings (SSSR count). The Balaban J connectivity index is 1.86. The summed E-state index contributed by atoms with van der Waals surface area (Å²) in [6.45, 7) is 2.44. The number of aryl methyl sites for hydroxylation is 1. The van der Waals surface area contributed by atoms with Crippen molar-refractivity contribution in [2.75, 3.05) is 12.3 Å². The highest BCUT2D eigenvalue weighted by atomic mass is 35.5. The molecule has 1 heterocycles. The third kappa shape index (κ3) is 5.02. The highest BCUT2D eigenvalue weighted by Gasteiger charge is 2.11. The van der Waals surface area contributed by atoms with Crippen molar-refractivity contribution in [3.63, 3.8) is 0 Å². The summed E-state index contributed by atoms with van der Waals surface area (Å²) in [4.78, 5) is 4.28. The van der Waals surface area contributed by atoms with Crippen LogP contribution in [0.4, 0.5) is 5.82 Å². The predicted octanol–water partition coefficient (Wildman–Crippen LogP) is 2.77. The second-order valence-corrected chi connectivity index (χ2v) is 6.32. The Bertz CT molecular complexity index is 807. The number of aliphatic imine (C=N–C) groups is 1. The number of nitrogens with two attached hydrogens (primary N) is 2. The summed E-state index contributed by atoms with van der Waals surface area (Å²) in [7, 11) is 0. The van der Waals surface area contributed by atoms with E-state index in [9.17, 15) is 0 Å². The summed E-state index contributed by atoms with van der Waals surface area (Å²) in [6, 6.07) is 7.24. The fourth-order valence-electron chi connectivity index (χ4n) is 2.35. The summed E-state index contributed by atoms with van der Waals surface area (Å²) in [5.41, 5.74) is 13.5. The van der Waals surface area contributed by atoms with Crippen LogP contribution in [0.25, 0.3) is 0 Å². The van der Waals surface area contributed by atoms with Gasteiger partial charge in [-0.1, -0.05) is 29.3 Å². The van der Waals surface area contributed by atoms with Gasteiger partial charge in [0.05, 0.1) is 11.7 Å². The lowest BCUT2D eigenvalue weighted by Crippen LogP contribution is -2.34. The zero-order valence-corrected chi connectivity index (χ0v) is 15.2. The van der Waals surface area contributed by atoms with Crippen LogP contribution >= 0.6 is 23.2 Å². The van der Waals surface area contributed by atoms with Crippen molar-refractivity contribution >= 4 is 35.0 Å². The molecule has 0 saturated carbocycles. The van der Waals surface area contributed by atoms with E-state index in [1.165, 1.54) is 0 Å². The van der Waals surface area contributed by atoms with Crippen LogP contribution < -0.4 is 16.8 Å². The quantitative estimate of drug-likeness (QED) is 0.348. The number of anilines is 1. The number of aromatic nitrogens is 2. The maximum atomic E-state index is 9.01. The van der Waals surface area contributed by atoms with Crippen molar-refractivity contribution in [3.05, 3.63) is 45.1 Å². The normalized spacial score (nSPS) is 12.6. The monoisotopic (exact) mass is 379 g/mol. The molecule has 2 aromatic rings. The van der Waals surface area contributed by atoms with Crippen molar-refractivity contribution in [3.8, 4) is 6.07 Å². The van der Waals surface area contributed by atoms with E-state index in [1.807, 2.05) is 19.1 Å². The number of H-pyrrole nitrogens is 1. The van der Waals surface area contributed by atoms with Crippen LogP contribution in [0, 0.1) is 11.3 Å². The molecular weight excluding hydrogens is 361 g/mol. The van der Waals surface area contributed by atoms with Gasteiger partial charge in [0.15, 0.2) is 11.8 Å². The second-order valence-electron chi connectivity index (χ2n) is 5.48. The molecule has 0 bridgehead atoms. The van der Waals surface area contributed by atoms with E-state index in [0.29, 0.717) is 46.6 Å². The van der Waals surface area contributed by atoms with Gasteiger partial charge in [-0.2, -0.15) is 10.4 Å². The Hall–Kier alpha value is -2.43. The van der Waals surface area contributed by atoms with Gasteiger partial charge in [0.25, 0.3) is 0 Å². The number of guanidine groups is 1. The van der Waals surface area contributed by atoms with E-state index < -0.39 is 0 Å². The Kier molecular flexibility index (Phi) is 6.51. The summed E-state index contributed by atoms with van der Waals surface area (Å²) < 4.78 is 0. The third-order valence-corrected chi connectivity index (χ3v) is 4.20. The van der Waals surface area contributed by atoms with Crippen LogP contribution in [0.1, 0.15) is 36.2 Å². The largest absolute Gasteiger partial charge is 0.381 e. The van der Waals surface area contributed by atoms with Crippen LogP contribution in [-0.4, -0.2) is 22.7 Å². The summed E-state index contributed by atoms with van der Waals surface area (Å²) >= 11 is 12.1. The molecule has 1 atom stereocenters. The molecule has 0 aliphatic heterocycles. The van der Waals surface area contributed by atoms with Gasteiger partial charge >= 0.3 is 0 Å². The molecule has 0 spiro atoms. The molecular formula is C16H19Cl2N7. The molecule has 0 fully saturated rings. The van der Waals surface area contributed by atoms with Crippen molar-refractivity contribution in [1.82, 2.24) is 15.5 Å². The molecule has 0 saturated heterocycles. The number of halogens is 2. The average molecular weight is 380 g/mol. The number of nitriles is 1. The van der Waals surface area contributed by atoms with Gasteiger partial charge in [0.1, 0.15) is 11.6 Å². The van der Waals surface area contributed by atoms with Gasteiger partial charge in [-0.05, 0) is 37.5 Å². The number of nitrogens with zero attached hydrogens (tertiary/aromatic N) is 3. The summed E-state index contributed by atoms with van der Waals surface area (Å²) in [6.07, 6.45) is 1.32. The minimum Gasteiger partial charge on any atom is -0.381 e. The molecule has 0 amide bonds. The van der Waals surface area contributed by atoms with Gasteiger partial charge in [0, 0.05) is 16.6 Å². The smallest absolute Gasteiger partial charge is 0.189 e. The van der Waals surface area contributed by atoms with E-state index in [0.717, 1.165) is 5.56 Å². The van der Waals surface area contributed by atoms with Crippen LogP contribution in [0.2, 0.25) is 10.0 Å². The predicted molar refractivity (Wildman–Crippen MR) is 101 cm³/mol. The Morgan fingerprint density at radius 3 is 2.92 bits per heavy atom. The molecule has 9 heteroatoms. The van der Waals surface area contributed by atoms with Crippen molar-refractivity contribution in [2.24, 2.45) is 10.7 Å². The minimum absolute atomic E-state index is 0.105. The molecule has 132 valence electrons. The first-order chi connectivity index (χ1) is 11.9. The third-order valence-electron chi connectivity index (χ3n) is 3.64. The highest BCUT2D eigenvalue weighted by Crippen LogP contribution is 2.25. The lowest BCUT2D eigenvalue weighted by Gasteiger charge is -2.16. The first-order valence-corrected chi connectivity index (χ1v) is 8.42. The van der Waals surface area contributed by atoms with Gasteiger partial charge in [-0.3, -0.25) is 10.1 Å². The van der Waals surface area contributed by atoms with Gasteiger partial charge < -0.3 is 16.8 Å². The number of hydrogen-bond acceptors (Lipinski definition) is 4. The van der Waals surface area contributed by atoms with E-state index in [1.54, 1.807) is 12.1 Å². The van der Waals surface area contributed by atoms with Gasteiger partial charge in [0.2, 0.25) is 0 Å². The lowest BCUT2D eigenvalue weighted by molar-refractivity contribution is 0.704. The van der Waals surface area contributed by atoms with Crippen molar-refractivity contribution in [2.45, 2.75) is 25.8 Å². The topological polar surface area (TPSA) is 129 Å². The second kappa shape index (κ2) is 8.60. The highest BCUT2D eigenvalue weighted by molar-refractivity contribution is 6.35. The molecule has 6 N–H and O–H groups in total. The minimum atomic E-state index is -0.105. The van der Waals surface area contributed by atoms with Crippen molar-refractivity contribution in [1.29, 1.82) is 5.26 Å². The number of benzene rings is 1. The standard InChI is InChI=1S/C16H19Cl2N7/c1-9(11-5-4-10(17)7-13(11)18)23-16(21)22-6-2-3-14-12(8-19)15(20)25-24-14/h4-5,7,9H,2-3,6H2,1H3,(H3,20,24,25)(H3,21,22,23). The number of nitrogens with one attached hydrogen (secondary N) is 2. The van der Waals surface area contributed by atoms with Crippen LogP contribution in [-0.2, 0) is 6.42 Å². The number of rotatable bonds is 6. The van der Waals surface area contributed by atoms with E-state index in [4.69, 9.17) is 39.9 Å². The maximum absolute atomic E-state index is 9.01. The zero-order valence-electron chi connectivity index (χ0n) is 13.7. The molecule has 1 unspecified atom stereocenters. The summed E-state index contributed by atoms with van der Waals surface area (Å²) in [5, 5.41) is 19.8. The fourth-order valence-corrected chi connectivity index (χ4v) is 2.93. The molecule has 0 aliphatic carbocycles. The Morgan fingerprint density at radius 2 is 2.24 bits per heavy atom. The Labute approximate surface area is 156 Å². The summed E-state index contributed by atoms with van der Waals surface area (Å²) in [5.74, 6) is 0.541. The zero-order chi connectivity index (χ0) is 18.4. The molecule has 1 aromatic carbocycles. The molecule has 1 aromatic heterocycles. The van der Waals surface area contributed by atoms with E-state index in [2.05, 4.69) is 20.5 Å². The Morgan fingerprint density at radius 1 is 1.48 bits per heavy atom. The molecule has 25 heavy (non-hydrogen) atoms. The van der Waals surface area contributed by atoms with Gasteiger partial charge in [-0.15, -0.1) is 0 Å². The number of nitrogen functional groups attached to an aromatic ring is 1. The average Bonchev–Trinajstić information content (AvgIpc) is 2.91. The van der Waals surface area contributed by atoms with Gasteiger partial charge in [-0.25, -0.2) is 0 Å². The number of aromatic amines is 1. The van der Waals surface area contributed by atoms with Crippen molar-refractivity contribution < 1.29 is 0 Å². The maximum Gasteiger partial charge on any atom is 0.189 e. The van der Waals surface area contributed by atoms with Crippen LogP contribution in [0.3, 0.4) is 0 Å². The van der Waals surface area contributed by atoms with E-state index >= 15 is 0 Å². The fraction of sp³-hybridized carbons (Fsp3) is 0.312. The van der Waals surface area contributed by atoms with Crippen LogP contribution in [0.5, 0.6) is 0 Å². The first kappa shape index (κ1) is 18.9. The molecule has 7 nitrogen and oxygen atoms in total. The number of hydrogen-bond donors (Lipinski definition) is 4. The molecule has 0 aliphatic rings. The van der Waals surface area contributed by atoms with Crippen LogP contribution in [0.15, 0.2) is 23.2 Å². The SMILES string of the molecule is CC(NC(N)=NCCCc1[nH]nc(N)c1C#N)c1ccc(Cl)cc1Cl. The lowest BCUT2D eigenvalue weighted by atomic mass is 10.1.